The summed E-state index contributed by atoms with van der Waals surface area (Å²) in [5.41, 5.74) is 0.394. The molecule has 0 amide bonds. The first-order chi connectivity index (χ1) is 8.54. The highest BCUT2D eigenvalue weighted by Gasteiger charge is 2.24. The molecule has 1 aromatic carbocycles. The van der Waals surface area contributed by atoms with Crippen molar-refractivity contribution < 1.29 is 9.47 Å². The minimum Gasteiger partial charge on any atom is -0.490 e. The molecule has 0 unspecified atom stereocenters. The lowest BCUT2D eigenvalue weighted by atomic mass is 10.0. The molecule has 1 aromatic rings. The minimum absolute atomic E-state index is 0.556. The first kappa shape index (κ1) is 12.6. The average Bonchev–Trinajstić information content (AvgIpc) is 2.62. The molecule has 4 nitrogen and oxygen atoms in total. The van der Waals surface area contributed by atoms with E-state index >= 15 is 0 Å². The van der Waals surface area contributed by atoms with Crippen LogP contribution < -0.4 is 14.4 Å². The van der Waals surface area contributed by atoms with Gasteiger partial charge in [0.1, 0.15) is 5.54 Å². The largest absolute Gasteiger partial charge is 0.490 e. The van der Waals surface area contributed by atoms with E-state index in [4.69, 9.17) is 14.7 Å². The lowest BCUT2D eigenvalue weighted by molar-refractivity contribution is 0.297. The molecule has 2 rings (SSSR count). The molecule has 0 radical (unpaired) electrons. The van der Waals surface area contributed by atoms with Crippen LogP contribution in [0.3, 0.4) is 0 Å². The van der Waals surface area contributed by atoms with Crippen molar-refractivity contribution in [1.82, 2.24) is 0 Å². The summed E-state index contributed by atoms with van der Waals surface area (Å²) in [6, 6.07) is 8.07. The third-order valence-electron chi connectivity index (χ3n) is 3.23. The molecule has 0 aromatic heterocycles. The molecular weight excluding hydrogens is 228 g/mol. The third-order valence-corrected chi connectivity index (χ3v) is 3.23. The van der Waals surface area contributed by atoms with Crippen molar-refractivity contribution in [2.75, 3.05) is 25.2 Å². The van der Waals surface area contributed by atoms with Gasteiger partial charge in [0.15, 0.2) is 11.5 Å². The molecule has 0 saturated carbocycles. The number of ether oxygens (including phenoxy) is 2. The van der Waals surface area contributed by atoms with Crippen molar-refractivity contribution in [1.29, 1.82) is 5.26 Å². The molecular formula is C14H18N2O2. The molecule has 1 heterocycles. The number of hydrogen-bond acceptors (Lipinski definition) is 4. The maximum Gasteiger partial charge on any atom is 0.163 e. The van der Waals surface area contributed by atoms with Gasteiger partial charge in [-0.1, -0.05) is 0 Å². The van der Waals surface area contributed by atoms with Crippen molar-refractivity contribution in [2.45, 2.75) is 25.8 Å². The number of anilines is 1. The van der Waals surface area contributed by atoms with E-state index in [1.807, 2.05) is 44.0 Å². The fraction of sp³-hybridized carbons (Fsp3) is 0.500. The predicted molar refractivity (Wildman–Crippen MR) is 70.1 cm³/mol. The van der Waals surface area contributed by atoms with Gasteiger partial charge >= 0.3 is 0 Å². The second-order valence-corrected chi connectivity index (χ2v) is 4.91. The normalized spacial score (nSPS) is 14.6. The second-order valence-electron chi connectivity index (χ2n) is 4.91. The lowest BCUT2D eigenvalue weighted by Gasteiger charge is -2.31. The van der Waals surface area contributed by atoms with E-state index in [2.05, 4.69) is 6.07 Å². The van der Waals surface area contributed by atoms with E-state index in [0.717, 1.165) is 23.6 Å². The Bertz CT molecular complexity index is 477. The Morgan fingerprint density at radius 3 is 2.56 bits per heavy atom. The lowest BCUT2D eigenvalue weighted by Crippen LogP contribution is -2.39. The Labute approximate surface area is 108 Å². The molecule has 96 valence electrons. The molecule has 0 fully saturated rings. The van der Waals surface area contributed by atoms with Gasteiger partial charge in [0.2, 0.25) is 0 Å². The van der Waals surface area contributed by atoms with Crippen LogP contribution in [0, 0.1) is 11.3 Å². The third kappa shape index (κ3) is 2.35. The average molecular weight is 246 g/mol. The van der Waals surface area contributed by atoms with Crippen LogP contribution in [0.2, 0.25) is 0 Å². The molecule has 1 aliphatic heterocycles. The second kappa shape index (κ2) is 4.77. The minimum atomic E-state index is -0.556. The monoisotopic (exact) mass is 246 g/mol. The predicted octanol–water partition coefficient (Wildman–Crippen LogP) is 2.59. The van der Waals surface area contributed by atoms with Crippen LogP contribution >= 0.6 is 0 Å². The molecule has 0 atom stereocenters. The summed E-state index contributed by atoms with van der Waals surface area (Å²) in [5.74, 6) is 1.53. The molecule has 0 saturated heterocycles. The van der Waals surface area contributed by atoms with E-state index in [-0.39, 0.29) is 0 Å². The molecule has 0 bridgehead atoms. The summed E-state index contributed by atoms with van der Waals surface area (Å²) in [7, 11) is 1.91. The molecule has 1 aliphatic rings. The quantitative estimate of drug-likeness (QED) is 0.804. The van der Waals surface area contributed by atoms with Gasteiger partial charge in [-0.3, -0.25) is 0 Å². The van der Waals surface area contributed by atoms with Crippen molar-refractivity contribution in [2.24, 2.45) is 0 Å². The zero-order chi connectivity index (χ0) is 13.2. The maximum atomic E-state index is 9.16. The standard InChI is InChI=1S/C14H18N2O2/c1-14(2,10-15)16(3)11-5-6-12-13(9-11)18-8-4-7-17-12/h5-6,9H,4,7-8H2,1-3H3. The number of fused-ring (bicyclic) bond motifs is 1. The fourth-order valence-corrected chi connectivity index (χ4v) is 1.76. The highest BCUT2D eigenvalue weighted by Crippen LogP contribution is 2.34. The zero-order valence-electron chi connectivity index (χ0n) is 11.1. The van der Waals surface area contributed by atoms with Gasteiger partial charge in [-0.05, 0) is 26.0 Å². The van der Waals surface area contributed by atoms with Crippen LogP contribution in [0.5, 0.6) is 11.5 Å². The fourth-order valence-electron chi connectivity index (χ4n) is 1.76. The van der Waals surface area contributed by atoms with Crippen LogP contribution in [-0.2, 0) is 0 Å². The van der Waals surface area contributed by atoms with Gasteiger partial charge in [0.25, 0.3) is 0 Å². The topological polar surface area (TPSA) is 45.5 Å². The summed E-state index contributed by atoms with van der Waals surface area (Å²) in [6.45, 7) is 5.12. The number of hydrogen-bond donors (Lipinski definition) is 0. The Hall–Kier alpha value is -1.89. The highest BCUT2D eigenvalue weighted by atomic mass is 16.5. The van der Waals surface area contributed by atoms with E-state index < -0.39 is 5.54 Å². The molecule has 18 heavy (non-hydrogen) atoms. The number of nitriles is 1. The maximum absolute atomic E-state index is 9.16. The van der Waals surface area contributed by atoms with Crippen LogP contribution in [0.15, 0.2) is 18.2 Å². The number of nitrogens with zero attached hydrogens (tertiary/aromatic N) is 2. The van der Waals surface area contributed by atoms with Gasteiger partial charge in [-0.2, -0.15) is 5.26 Å². The van der Waals surface area contributed by atoms with E-state index in [1.54, 1.807) is 0 Å². The van der Waals surface area contributed by atoms with Crippen LogP contribution in [0.25, 0.3) is 0 Å². The Balaban J connectivity index is 2.31. The summed E-state index contributed by atoms with van der Waals surface area (Å²) < 4.78 is 11.2. The van der Waals surface area contributed by atoms with Crippen molar-refractivity contribution in [3.8, 4) is 17.6 Å². The van der Waals surface area contributed by atoms with Crippen molar-refractivity contribution in [3.05, 3.63) is 18.2 Å². The summed E-state index contributed by atoms with van der Waals surface area (Å²) in [5, 5.41) is 9.16. The number of rotatable bonds is 2. The van der Waals surface area contributed by atoms with Gasteiger partial charge in [0.05, 0.1) is 19.3 Å². The smallest absolute Gasteiger partial charge is 0.163 e. The summed E-state index contributed by atoms with van der Waals surface area (Å²) in [4.78, 5) is 1.93. The van der Waals surface area contributed by atoms with E-state index in [9.17, 15) is 0 Å². The summed E-state index contributed by atoms with van der Waals surface area (Å²) >= 11 is 0. The Morgan fingerprint density at radius 1 is 1.22 bits per heavy atom. The van der Waals surface area contributed by atoms with Crippen molar-refractivity contribution in [3.63, 3.8) is 0 Å². The SMILES string of the molecule is CN(c1ccc2c(c1)OCCCO2)C(C)(C)C#N. The Kier molecular flexibility index (Phi) is 3.33. The summed E-state index contributed by atoms with van der Waals surface area (Å²) in [6.07, 6.45) is 0.892. The van der Waals surface area contributed by atoms with Crippen molar-refractivity contribution >= 4 is 5.69 Å². The Morgan fingerprint density at radius 2 is 1.89 bits per heavy atom. The van der Waals surface area contributed by atoms with Gasteiger partial charge in [-0.25, -0.2) is 0 Å². The van der Waals surface area contributed by atoms with Crippen LogP contribution in [0.1, 0.15) is 20.3 Å². The first-order valence-electron chi connectivity index (χ1n) is 6.09. The molecule has 4 heteroatoms. The highest BCUT2D eigenvalue weighted by molar-refractivity contribution is 5.58. The van der Waals surface area contributed by atoms with E-state index in [1.165, 1.54) is 0 Å². The van der Waals surface area contributed by atoms with Gasteiger partial charge in [-0.15, -0.1) is 0 Å². The zero-order valence-corrected chi connectivity index (χ0v) is 11.1. The molecule has 0 spiro atoms. The number of benzene rings is 1. The molecule has 0 aliphatic carbocycles. The van der Waals surface area contributed by atoms with Gasteiger partial charge < -0.3 is 14.4 Å². The molecule has 0 N–H and O–H groups in total. The van der Waals surface area contributed by atoms with Gasteiger partial charge in [0, 0.05) is 25.2 Å². The van der Waals surface area contributed by atoms with E-state index in [0.29, 0.717) is 13.2 Å². The van der Waals surface area contributed by atoms with Crippen LogP contribution in [-0.4, -0.2) is 25.8 Å². The van der Waals surface area contributed by atoms with Crippen LogP contribution in [0.4, 0.5) is 5.69 Å². The first-order valence-corrected chi connectivity index (χ1v) is 6.09.